The standard InChI is InChI=1S/C13H18N2OS/c1-13(5-3-6-13)9-15-11(16)8-14-12(15)10-4-2-7-17-10/h2,4,7,12,14H,3,5-6,8-9H2,1H3. The van der Waals surface area contributed by atoms with Crippen molar-refractivity contribution in [1.29, 1.82) is 0 Å². The molecule has 1 N–H and O–H groups in total. The Morgan fingerprint density at radius 1 is 1.59 bits per heavy atom. The summed E-state index contributed by atoms with van der Waals surface area (Å²) in [6.07, 6.45) is 3.94. The average Bonchev–Trinajstić information content (AvgIpc) is 2.87. The molecule has 1 saturated carbocycles. The van der Waals surface area contributed by atoms with E-state index >= 15 is 0 Å². The third-order valence-corrected chi connectivity index (χ3v) is 4.93. The number of nitrogens with one attached hydrogen (secondary N) is 1. The number of amides is 1. The highest BCUT2D eigenvalue weighted by atomic mass is 32.1. The van der Waals surface area contributed by atoms with Crippen molar-refractivity contribution in [2.75, 3.05) is 13.1 Å². The largest absolute Gasteiger partial charge is 0.320 e. The van der Waals surface area contributed by atoms with E-state index in [4.69, 9.17) is 0 Å². The predicted octanol–water partition coefficient (Wildman–Crippen LogP) is 2.37. The van der Waals surface area contributed by atoms with E-state index in [0.717, 1.165) is 6.54 Å². The molecule has 2 aliphatic rings. The summed E-state index contributed by atoms with van der Waals surface area (Å²) in [5.74, 6) is 0.247. The number of rotatable bonds is 3. The van der Waals surface area contributed by atoms with Crippen molar-refractivity contribution in [3.05, 3.63) is 22.4 Å². The summed E-state index contributed by atoms with van der Waals surface area (Å²) < 4.78 is 0. The van der Waals surface area contributed by atoms with E-state index in [9.17, 15) is 4.79 Å². The summed E-state index contributed by atoms with van der Waals surface area (Å²) in [5, 5.41) is 5.39. The lowest BCUT2D eigenvalue weighted by Crippen LogP contribution is -2.42. The molecule has 3 rings (SSSR count). The maximum absolute atomic E-state index is 12.0. The number of carbonyl (C=O) groups excluding carboxylic acids is 1. The van der Waals surface area contributed by atoms with Crippen molar-refractivity contribution >= 4 is 17.2 Å². The Kier molecular flexibility index (Phi) is 2.71. The fraction of sp³-hybridized carbons (Fsp3) is 0.615. The molecule has 1 aromatic heterocycles. The summed E-state index contributed by atoms with van der Waals surface area (Å²) >= 11 is 1.72. The third-order valence-electron chi connectivity index (χ3n) is 4.00. The minimum atomic E-state index is 0.111. The number of hydrogen-bond acceptors (Lipinski definition) is 3. The molecular formula is C13H18N2OS. The molecule has 17 heavy (non-hydrogen) atoms. The fourth-order valence-electron chi connectivity index (χ4n) is 2.77. The Labute approximate surface area is 106 Å². The van der Waals surface area contributed by atoms with Crippen molar-refractivity contribution in [3.8, 4) is 0 Å². The molecule has 1 aliphatic carbocycles. The van der Waals surface area contributed by atoms with Gasteiger partial charge in [-0.2, -0.15) is 0 Å². The molecule has 0 aromatic carbocycles. The van der Waals surface area contributed by atoms with Gasteiger partial charge in [0.25, 0.3) is 0 Å². The Bertz CT molecular complexity index is 411. The predicted molar refractivity (Wildman–Crippen MR) is 68.7 cm³/mol. The first-order chi connectivity index (χ1) is 8.18. The zero-order valence-corrected chi connectivity index (χ0v) is 10.9. The van der Waals surface area contributed by atoms with Crippen LogP contribution >= 0.6 is 11.3 Å². The van der Waals surface area contributed by atoms with Crippen molar-refractivity contribution in [3.63, 3.8) is 0 Å². The van der Waals surface area contributed by atoms with E-state index in [1.165, 1.54) is 24.1 Å². The van der Waals surface area contributed by atoms with Crippen LogP contribution in [0.4, 0.5) is 0 Å². The zero-order valence-electron chi connectivity index (χ0n) is 10.1. The molecule has 1 aliphatic heterocycles. The molecule has 2 heterocycles. The maximum atomic E-state index is 12.0. The normalized spacial score (nSPS) is 27.2. The van der Waals surface area contributed by atoms with E-state index in [-0.39, 0.29) is 12.1 Å². The average molecular weight is 250 g/mol. The Balaban J connectivity index is 1.77. The van der Waals surface area contributed by atoms with Gasteiger partial charge in [0.05, 0.1) is 6.54 Å². The topological polar surface area (TPSA) is 32.3 Å². The lowest BCUT2D eigenvalue weighted by Gasteiger charge is -2.42. The SMILES string of the molecule is CC1(CN2C(=O)CNC2c2cccs2)CCC1. The van der Waals surface area contributed by atoms with Crippen LogP contribution in [0.5, 0.6) is 0 Å². The van der Waals surface area contributed by atoms with Gasteiger partial charge in [-0.1, -0.05) is 19.4 Å². The highest BCUT2D eigenvalue weighted by Crippen LogP contribution is 2.42. The van der Waals surface area contributed by atoms with E-state index in [2.05, 4.69) is 23.7 Å². The second-order valence-corrected chi connectivity index (χ2v) is 6.46. The summed E-state index contributed by atoms with van der Waals surface area (Å²) in [5.41, 5.74) is 0.358. The van der Waals surface area contributed by atoms with Crippen molar-refractivity contribution in [2.45, 2.75) is 32.4 Å². The lowest BCUT2D eigenvalue weighted by molar-refractivity contribution is -0.130. The Hall–Kier alpha value is -0.870. The Morgan fingerprint density at radius 3 is 3.00 bits per heavy atom. The minimum absolute atomic E-state index is 0.111. The second-order valence-electron chi connectivity index (χ2n) is 5.48. The molecule has 0 bridgehead atoms. The van der Waals surface area contributed by atoms with E-state index in [1.54, 1.807) is 11.3 Å². The van der Waals surface area contributed by atoms with Gasteiger partial charge >= 0.3 is 0 Å². The first-order valence-corrected chi connectivity index (χ1v) is 7.12. The highest BCUT2D eigenvalue weighted by molar-refractivity contribution is 7.10. The second kappa shape index (κ2) is 4.10. The Morgan fingerprint density at radius 2 is 2.41 bits per heavy atom. The van der Waals surface area contributed by atoms with Crippen LogP contribution in [0.15, 0.2) is 17.5 Å². The number of carbonyl (C=O) groups is 1. The third kappa shape index (κ3) is 2.00. The van der Waals surface area contributed by atoms with Crippen molar-refractivity contribution < 1.29 is 4.79 Å². The molecule has 1 saturated heterocycles. The van der Waals surface area contributed by atoms with Crippen LogP contribution in [0.25, 0.3) is 0 Å². The van der Waals surface area contributed by atoms with Crippen LogP contribution in [-0.4, -0.2) is 23.9 Å². The molecule has 4 heteroatoms. The molecule has 1 atom stereocenters. The van der Waals surface area contributed by atoms with Crippen molar-refractivity contribution in [1.82, 2.24) is 10.2 Å². The van der Waals surface area contributed by atoms with Crippen LogP contribution < -0.4 is 5.32 Å². The molecule has 0 radical (unpaired) electrons. The monoisotopic (exact) mass is 250 g/mol. The van der Waals surface area contributed by atoms with Gasteiger partial charge in [0.1, 0.15) is 6.17 Å². The van der Waals surface area contributed by atoms with Crippen LogP contribution in [0, 0.1) is 5.41 Å². The zero-order chi connectivity index (χ0) is 11.9. The van der Waals surface area contributed by atoms with E-state index in [1.807, 2.05) is 11.0 Å². The molecule has 2 fully saturated rings. The molecule has 92 valence electrons. The molecular weight excluding hydrogens is 232 g/mol. The number of hydrogen-bond donors (Lipinski definition) is 1. The van der Waals surface area contributed by atoms with E-state index in [0.29, 0.717) is 12.0 Å². The molecule has 1 amide bonds. The van der Waals surface area contributed by atoms with Crippen LogP contribution in [0.1, 0.15) is 37.2 Å². The van der Waals surface area contributed by atoms with E-state index < -0.39 is 0 Å². The first kappa shape index (κ1) is 11.2. The number of thiophene rings is 1. The van der Waals surface area contributed by atoms with Gasteiger partial charge in [-0.25, -0.2) is 0 Å². The van der Waals surface area contributed by atoms with Gasteiger partial charge in [-0.05, 0) is 29.7 Å². The van der Waals surface area contributed by atoms with Gasteiger partial charge in [-0.15, -0.1) is 11.3 Å². The summed E-state index contributed by atoms with van der Waals surface area (Å²) in [4.78, 5) is 15.2. The van der Waals surface area contributed by atoms with Crippen LogP contribution in [0.2, 0.25) is 0 Å². The fourth-order valence-corrected chi connectivity index (χ4v) is 3.58. The van der Waals surface area contributed by atoms with Gasteiger partial charge in [-0.3, -0.25) is 10.1 Å². The first-order valence-electron chi connectivity index (χ1n) is 6.24. The van der Waals surface area contributed by atoms with Crippen molar-refractivity contribution in [2.24, 2.45) is 5.41 Å². The minimum Gasteiger partial charge on any atom is -0.320 e. The molecule has 1 aromatic rings. The molecule has 1 unspecified atom stereocenters. The van der Waals surface area contributed by atoms with Gasteiger partial charge < -0.3 is 4.90 Å². The molecule has 3 nitrogen and oxygen atoms in total. The summed E-state index contributed by atoms with van der Waals surface area (Å²) in [6, 6.07) is 4.16. The number of nitrogens with zero attached hydrogens (tertiary/aromatic N) is 1. The van der Waals surface area contributed by atoms with Crippen LogP contribution in [-0.2, 0) is 4.79 Å². The maximum Gasteiger partial charge on any atom is 0.238 e. The molecule has 0 spiro atoms. The van der Waals surface area contributed by atoms with Gasteiger partial charge in [0.2, 0.25) is 5.91 Å². The quantitative estimate of drug-likeness (QED) is 0.893. The van der Waals surface area contributed by atoms with Crippen LogP contribution in [0.3, 0.4) is 0 Å². The van der Waals surface area contributed by atoms with Gasteiger partial charge in [0.15, 0.2) is 0 Å². The van der Waals surface area contributed by atoms with Gasteiger partial charge in [0, 0.05) is 11.4 Å². The highest BCUT2D eigenvalue weighted by Gasteiger charge is 2.40. The summed E-state index contributed by atoms with van der Waals surface area (Å²) in [7, 11) is 0. The summed E-state index contributed by atoms with van der Waals surface area (Å²) in [6.45, 7) is 3.69. The smallest absolute Gasteiger partial charge is 0.238 e. The lowest BCUT2D eigenvalue weighted by atomic mass is 9.70.